The highest BCUT2D eigenvalue weighted by Crippen LogP contribution is 2.29. The Labute approximate surface area is 209 Å². The Balaban J connectivity index is 1.18. The molecule has 0 unspecified atom stereocenters. The van der Waals surface area contributed by atoms with E-state index in [4.69, 9.17) is 4.74 Å². The minimum Gasteiger partial charge on any atom is -0.497 e. The van der Waals surface area contributed by atoms with Gasteiger partial charge in [-0.25, -0.2) is 4.39 Å². The Morgan fingerprint density at radius 3 is 2.39 bits per heavy atom. The quantitative estimate of drug-likeness (QED) is 0.507. The third kappa shape index (κ3) is 5.30. The summed E-state index contributed by atoms with van der Waals surface area (Å²) in [7, 11) is 1.57. The molecular weight excluding hydrogens is 461 g/mol. The second-order valence-electron chi connectivity index (χ2n) is 9.05. The maximum atomic E-state index is 13.2. The number of hydrogen-bond acceptors (Lipinski definition) is 6. The van der Waals surface area contributed by atoms with Crippen molar-refractivity contribution < 1.29 is 18.7 Å². The van der Waals surface area contributed by atoms with Crippen molar-refractivity contribution in [1.82, 2.24) is 20.0 Å². The van der Waals surface area contributed by atoms with Crippen LogP contribution in [-0.4, -0.2) is 77.7 Å². The van der Waals surface area contributed by atoms with Gasteiger partial charge in [0.15, 0.2) is 5.82 Å². The zero-order valence-corrected chi connectivity index (χ0v) is 20.1. The first-order valence-electron chi connectivity index (χ1n) is 12.1. The highest BCUT2D eigenvalue weighted by atomic mass is 19.1. The Bertz CT molecular complexity index is 1220. The van der Waals surface area contributed by atoms with Gasteiger partial charge in [0.2, 0.25) is 5.91 Å². The lowest BCUT2D eigenvalue weighted by Gasteiger charge is -2.36. The highest BCUT2D eigenvalue weighted by molar-refractivity contribution is 5.97. The van der Waals surface area contributed by atoms with Gasteiger partial charge in [0.1, 0.15) is 18.1 Å². The first-order chi connectivity index (χ1) is 17.5. The highest BCUT2D eigenvalue weighted by Gasteiger charge is 2.36. The van der Waals surface area contributed by atoms with Crippen LogP contribution in [0.15, 0.2) is 60.7 Å². The SMILES string of the molecule is COc1cccc(C(=O)N(CC(=O)N2CCN(c3ccc(-c4ccc(F)cc4)nn3)CC2)C2CC2)c1. The maximum Gasteiger partial charge on any atom is 0.254 e. The number of hydrogen-bond donors (Lipinski definition) is 0. The van der Waals surface area contributed by atoms with Gasteiger partial charge in [0.25, 0.3) is 5.91 Å². The summed E-state index contributed by atoms with van der Waals surface area (Å²) in [6.07, 6.45) is 1.84. The van der Waals surface area contributed by atoms with Crippen molar-refractivity contribution in [3.8, 4) is 17.0 Å². The normalized spacial score (nSPS) is 15.5. The average molecular weight is 490 g/mol. The van der Waals surface area contributed by atoms with E-state index in [0.717, 1.165) is 24.2 Å². The Morgan fingerprint density at radius 1 is 1.00 bits per heavy atom. The van der Waals surface area contributed by atoms with Crippen molar-refractivity contribution in [2.75, 3.05) is 44.7 Å². The zero-order chi connectivity index (χ0) is 25.1. The summed E-state index contributed by atoms with van der Waals surface area (Å²) in [5, 5.41) is 8.62. The first kappa shape index (κ1) is 23.7. The molecule has 9 heteroatoms. The third-order valence-electron chi connectivity index (χ3n) is 6.62. The minimum absolute atomic E-state index is 0.0458. The molecule has 5 rings (SSSR count). The number of carbonyl (C=O) groups is 2. The molecular formula is C27H28FN5O3. The van der Waals surface area contributed by atoms with Gasteiger partial charge < -0.3 is 19.4 Å². The van der Waals surface area contributed by atoms with E-state index < -0.39 is 0 Å². The summed E-state index contributed by atoms with van der Waals surface area (Å²) in [6.45, 7) is 2.43. The van der Waals surface area contributed by atoms with E-state index in [0.29, 0.717) is 43.2 Å². The van der Waals surface area contributed by atoms with E-state index in [1.807, 2.05) is 17.0 Å². The molecule has 3 aromatic rings. The second-order valence-corrected chi connectivity index (χ2v) is 9.05. The molecule has 1 aliphatic carbocycles. The van der Waals surface area contributed by atoms with Crippen LogP contribution in [0.4, 0.5) is 10.2 Å². The Hall–Kier alpha value is -4.01. The molecule has 1 saturated heterocycles. The molecule has 8 nitrogen and oxygen atoms in total. The fourth-order valence-corrected chi connectivity index (χ4v) is 4.37. The van der Waals surface area contributed by atoms with Gasteiger partial charge in [-0.1, -0.05) is 6.07 Å². The minimum atomic E-state index is -0.291. The number of benzene rings is 2. The van der Waals surface area contributed by atoms with Gasteiger partial charge in [0.05, 0.1) is 12.8 Å². The van der Waals surface area contributed by atoms with Crippen LogP contribution in [0, 0.1) is 5.82 Å². The number of halogens is 1. The number of piperazine rings is 1. The molecule has 186 valence electrons. The molecule has 2 amide bonds. The lowest BCUT2D eigenvalue weighted by molar-refractivity contribution is -0.132. The van der Waals surface area contributed by atoms with Gasteiger partial charge in [-0.3, -0.25) is 9.59 Å². The number of carbonyl (C=O) groups excluding carboxylic acids is 2. The van der Waals surface area contributed by atoms with Crippen LogP contribution in [0.1, 0.15) is 23.2 Å². The maximum absolute atomic E-state index is 13.2. The molecule has 2 aliphatic rings. The van der Waals surface area contributed by atoms with E-state index in [9.17, 15) is 14.0 Å². The monoisotopic (exact) mass is 489 g/mol. The molecule has 2 heterocycles. The molecule has 0 atom stereocenters. The van der Waals surface area contributed by atoms with E-state index in [1.165, 1.54) is 12.1 Å². The van der Waals surface area contributed by atoms with Crippen LogP contribution in [0.5, 0.6) is 5.75 Å². The largest absolute Gasteiger partial charge is 0.497 e. The van der Waals surface area contributed by atoms with Crippen LogP contribution in [-0.2, 0) is 4.79 Å². The lowest BCUT2D eigenvalue weighted by Crippen LogP contribution is -2.52. The van der Waals surface area contributed by atoms with Gasteiger partial charge in [0, 0.05) is 43.3 Å². The van der Waals surface area contributed by atoms with Gasteiger partial charge in [-0.05, 0) is 67.4 Å². The molecule has 1 aliphatic heterocycles. The number of rotatable bonds is 7. The summed E-state index contributed by atoms with van der Waals surface area (Å²) < 4.78 is 18.4. The van der Waals surface area contributed by atoms with E-state index in [2.05, 4.69) is 15.1 Å². The van der Waals surface area contributed by atoms with E-state index in [1.54, 1.807) is 48.4 Å². The smallest absolute Gasteiger partial charge is 0.254 e. The van der Waals surface area contributed by atoms with Crippen molar-refractivity contribution in [2.45, 2.75) is 18.9 Å². The topological polar surface area (TPSA) is 78.9 Å². The number of aromatic nitrogens is 2. The number of amides is 2. The molecule has 1 saturated carbocycles. The summed E-state index contributed by atoms with van der Waals surface area (Å²) in [6, 6.07) is 17.1. The van der Waals surface area contributed by atoms with Crippen LogP contribution in [0.3, 0.4) is 0 Å². The molecule has 0 N–H and O–H groups in total. The Morgan fingerprint density at radius 2 is 1.75 bits per heavy atom. The van der Waals surface area contributed by atoms with Crippen molar-refractivity contribution in [2.24, 2.45) is 0 Å². The van der Waals surface area contributed by atoms with Crippen molar-refractivity contribution in [3.63, 3.8) is 0 Å². The molecule has 0 spiro atoms. The van der Waals surface area contributed by atoms with Crippen molar-refractivity contribution in [1.29, 1.82) is 0 Å². The van der Waals surface area contributed by atoms with Crippen molar-refractivity contribution >= 4 is 17.6 Å². The summed E-state index contributed by atoms with van der Waals surface area (Å²) in [5.41, 5.74) is 2.00. The standard InChI is InChI=1S/C27H28FN5O3/c1-36-23-4-2-3-20(17-23)27(35)33(22-9-10-22)18-26(34)32-15-13-31(14-16-32)25-12-11-24(29-30-25)19-5-7-21(28)8-6-19/h2-8,11-12,17,22H,9-10,13-16,18H2,1H3. The first-order valence-corrected chi connectivity index (χ1v) is 12.1. The third-order valence-corrected chi connectivity index (χ3v) is 6.62. The summed E-state index contributed by atoms with van der Waals surface area (Å²) in [5.74, 6) is 0.879. The number of anilines is 1. The van der Waals surface area contributed by atoms with Crippen molar-refractivity contribution in [3.05, 3.63) is 72.0 Å². The number of ether oxygens (including phenoxy) is 1. The van der Waals surface area contributed by atoms with Crippen LogP contribution >= 0.6 is 0 Å². The Kier molecular flexibility index (Phi) is 6.79. The molecule has 36 heavy (non-hydrogen) atoms. The predicted molar refractivity (Wildman–Crippen MR) is 133 cm³/mol. The fraction of sp³-hybridized carbons (Fsp3) is 0.333. The summed E-state index contributed by atoms with van der Waals surface area (Å²) in [4.78, 5) is 31.9. The average Bonchev–Trinajstić information content (AvgIpc) is 3.77. The van der Waals surface area contributed by atoms with Crippen LogP contribution < -0.4 is 9.64 Å². The van der Waals surface area contributed by atoms with Gasteiger partial charge in [-0.2, -0.15) is 0 Å². The number of methoxy groups -OCH3 is 1. The second kappa shape index (κ2) is 10.3. The van der Waals surface area contributed by atoms with Gasteiger partial charge in [-0.15, -0.1) is 10.2 Å². The molecule has 2 fully saturated rings. The van der Waals surface area contributed by atoms with Gasteiger partial charge >= 0.3 is 0 Å². The molecule has 2 aromatic carbocycles. The van der Waals surface area contributed by atoms with E-state index in [-0.39, 0.29) is 30.2 Å². The lowest BCUT2D eigenvalue weighted by atomic mass is 10.1. The zero-order valence-electron chi connectivity index (χ0n) is 20.1. The van der Waals surface area contributed by atoms with Crippen LogP contribution in [0.25, 0.3) is 11.3 Å². The number of nitrogens with zero attached hydrogens (tertiary/aromatic N) is 5. The van der Waals surface area contributed by atoms with E-state index >= 15 is 0 Å². The molecule has 0 bridgehead atoms. The fourth-order valence-electron chi connectivity index (χ4n) is 4.37. The van der Waals surface area contributed by atoms with Crippen LogP contribution in [0.2, 0.25) is 0 Å². The summed E-state index contributed by atoms with van der Waals surface area (Å²) >= 11 is 0. The predicted octanol–water partition coefficient (Wildman–Crippen LogP) is 3.24. The molecule has 1 aromatic heterocycles. The molecule has 0 radical (unpaired) electrons.